The van der Waals surface area contributed by atoms with Crippen LogP contribution in [0.4, 0.5) is 8.78 Å². The number of benzene rings is 1. The lowest BCUT2D eigenvalue weighted by molar-refractivity contribution is -0.122. The second-order valence-corrected chi connectivity index (χ2v) is 5.19. The van der Waals surface area contributed by atoms with Crippen molar-refractivity contribution in [2.24, 2.45) is 0 Å². The summed E-state index contributed by atoms with van der Waals surface area (Å²) in [6.07, 6.45) is -0.254. The van der Waals surface area contributed by atoms with E-state index in [0.717, 1.165) is 12.1 Å². The molecule has 3 N–H and O–H groups in total. The third kappa shape index (κ3) is 8.76. The topological polar surface area (TPSA) is 79.5 Å². The standard InChI is InChI=1S/C16H23F2N3O3.ClH/c1-11(22)21-14(16-12(17)4-3-5-13(16)18)10-15(23)20-7-6-19-8-9-24-2;/h3-5,14,19H,6-10H2,1-2H3,(H,20,23)(H,21,22);1H. The first-order chi connectivity index (χ1) is 11.5. The first-order valence-electron chi connectivity index (χ1n) is 7.63. The predicted molar refractivity (Wildman–Crippen MR) is 92.5 cm³/mol. The summed E-state index contributed by atoms with van der Waals surface area (Å²) in [5, 5.41) is 8.10. The maximum Gasteiger partial charge on any atom is 0.222 e. The van der Waals surface area contributed by atoms with Crippen LogP contribution >= 0.6 is 12.4 Å². The molecule has 1 aromatic rings. The number of amides is 2. The molecule has 0 aromatic heterocycles. The molecular formula is C16H24ClF2N3O3. The maximum atomic E-state index is 13.9. The number of carbonyl (C=O) groups is 2. The van der Waals surface area contributed by atoms with Crippen LogP contribution in [0, 0.1) is 11.6 Å². The Hall–Kier alpha value is -1.77. The van der Waals surface area contributed by atoms with Gasteiger partial charge in [0.25, 0.3) is 0 Å². The summed E-state index contributed by atoms with van der Waals surface area (Å²) in [4.78, 5) is 23.2. The van der Waals surface area contributed by atoms with E-state index in [1.807, 2.05) is 0 Å². The second kappa shape index (κ2) is 12.6. The average molecular weight is 380 g/mol. The third-order valence-electron chi connectivity index (χ3n) is 3.22. The summed E-state index contributed by atoms with van der Waals surface area (Å²) in [5.41, 5.74) is -0.318. The lowest BCUT2D eigenvalue weighted by atomic mass is 10.0. The molecule has 0 bridgehead atoms. The molecule has 1 atom stereocenters. The van der Waals surface area contributed by atoms with Gasteiger partial charge in [-0.2, -0.15) is 0 Å². The van der Waals surface area contributed by atoms with Gasteiger partial charge in [0.2, 0.25) is 11.8 Å². The van der Waals surface area contributed by atoms with E-state index in [4.69, 9.17) is 4.74 Å². The fourth-order valence-corrected chi connectivity index (χ4v) is 2.16. The van der Waals surface area contributed by atoms with Crippen molar-refractivity contribution in [3.63, 3.8) is 0 Å². The number of carbonyl (C=O) groups excluding carboxylic acids is 2. The van der Waals surface area contributed by atoms with Crippen molar-refractivity contribution < 1.29 is 23.1 Å². The Morgan fingerprint density at radius 3 is 2.36 bits per heavy atom. The minimum absolute atomic E-state index is 0. The molecule has 1 unspecified atom stereocenters. The van der Waals surface area contributed by atoms with E-state index in [1.54, 1.807) is 7.11 Å². The highest BCUT2D eigenvalue weighted by Crippen LogP contribution is 2.23. The highest BCUT2D eigenvalue weighted by Gasteiger charge is 2.23. The molecule has 1 aromatic carbocycles. The molecule has 0 heterocycles. The largest absolute Gasteiger partial charge is 0.383 e. The van der Waals surface area contributed by atoms with Crippen LogP contribution in [0.1, 0.15) is 24.9 Å². The van der Waals surface area contributed by atoms with Crippen LogP contribution < -0.4 is 16.0 Å². The number of halogens is 3. The SMILES string of the molecule is COCCNCCNC(=O)CC(NC(C)=O)c1c(F)cccc1F.Cl. The number of ether oxygens (including phenoxy) is 1. The Morgan fingerprint density at radius 2 is 1.80 bits per heavy atom. The van der Waals surface area contributed by atoms with Gasteiger partial charge in [0.15, 0.2) is 0 Å². The number of hydrogen-bond acceptors (Lipinski definition) is 4. The quantitative estimate of drug-likeness (QED) is 0.535. The summed E-state index contributed by atoms with van der Waals surface area (Å²) in [5.74, 6) is -2.49. The smallest absolute Gasteiger partial charge is 0.222 e. The van der Waals surface area contributed by atoms with Crippen LogP contribution in [0.5, 0.6) is 0 Å². The zero-order chi connectivity index (χ0) is 17.9. The molecule has 0 aliphatic heterocycles. The van der Waals surface area contributed by atoms with Crippen LogP contribution in [0.25, 0.3) is 0 Å². The Bertz CT molecular complexity index is 541. The van der Waals surface area contributed by atoms with Crippen molar-refractivity contribution in [1.29, 1.82) is 0 Å². The van der Waals surface area contributed by atoms with Crippen molar-refractivity contribution in [3.8, 4) is 0 Å². The molecule has 25 heavy (non-hydrogen) atoms. The lowest BCUT2D eigenvalue weighted by Crippen LogP contribution is -2.36. The first kappa shape index (κ1) is 23.2. The molecule has 0 radical (unpaired) electrons. The molecule has 0 aliphatic rings. The molecule has 2 amide bonds. The van der Waals surface area contributed by atoms with E-state index in [9.17, 15) is 18.4 Å². The molecule has 0 saturated heterocycles. The predicted octanol–water partition coefficient (Wildman–Crippen LogP) is 1.31. The van der Waals surface area contributed by atoms with E-state index in [1.165, 1.54) is 13.0 Å². The van der Waals surface area contributed by atoms with Gasteiger partial charge in [0.1, 0.15) is 11.6 Å². The highest BCUT2D eigenvalue weighted by molar-refractivity contribution is 5.85. The van der Waals surface area contributed by atoms with Gasteiger partial charge in [-0.25, -0.2) is 8.78 Å². The third-order valence-corrected chi connectivity index (χ3v) is 3.22. The molecule has 0 aliphatic carbocycles. The van der Waals surface area contributed by atoms with Crippen LogP contribution in [0.3, 0.4) is 0 Å². The number of rotatable bonds is 10. The number of nitrogens with one attached hydrogen (secondary N) is 3. The van der Waals surface area contributed by atoms with E-state index >= 15 is 0 Å². The summed E-state index contributed by atoms with van der Waals surface area (Å²) in [6.45, 7) is 3.33. The summed E-state index contributed by atoms with van der Waals surface area (Å²) >= 11 is 0. The zero-order valence-electron chi connectivity index (χ0n) is 14.2. The van der Waals surface area contributed by atoms with Crippen molar-refractivity contribution in [1.82, 2.24) is 16.0 Å². The number of hydrogen-bond donors (Lipinski definition) is 3. The van der Waals surface area contributed by atoms with Crippen molar-refractivity contribution in [2.45, 2.75) is 19.4 Å². The van der Waals surface area contributed by atoms with Gasteiger partial charge in [-0.1, -0.05) is 6.07 Å². The normalized spacial score (nSPS) is 11.4. The Kier molecular flexibility index (Phi) is 11.7. The fourth-order valence-electron chi connectivity index (χ4n) is 2.16. The van der Waals surface area contributed by atoms with Crippen molar-refractivity contribution >= 4 is 24.2 Å². The van der Waals surface area contributed by atoms with E-state index in [-0.39, 0.29) is 24.4 Å². The van der Waals surface area contributed by atoms with Gasteiger partial charge < -0.3 is 20.7 Å². The molecule has 0 spiro atoms. The summed E-state index contributed by atoms with van der Waals surface area (Å²) in [6, 6.07) is 2.34. The monoisotopic (exact) mass is 379 g/mol. The lowest BCUT2D eigenvalue weighted by Gasteiger charge is -2.19. The zero-order valence-corrected chi connectivity index (χ0v) is 15.1. The van der Waals surface area contributed by atoms with Gasteiger partial charge in [-0.15, -0.1) is 12.4 Å². The number of methoxy groups -OCH3 is 1. The molecule has 9 heteroatoms. The summed E-state index contributed by atoms with van der Waals surface area (Å²) in [7, 11) is 1.59. The van der Waals surface area contributed by atoms with Crippen molar-refractivity contribution in [2.75, 3.05) is 33.4 Å². The Labute approximate surface area is 152 Å². The molecule has 1 rings (SSSR count). The van der Waals surface area contributed by atoms with E-state index in [0.29, 0.717) is 26.2 Å². The molecule has 0 fully saturated rings. The molecule has 6 nitrogen and oxygen atoms in total. The maximum absolute atomic E-state index is 13.9. The highest BCUT2D eigenvalue weighted by atomic mass is 35.5. The van der Waals surface area contributed by atoms with Gasteiger partial charge in [0, 0.05) is 39.2 Å². The molecule has 142 valence electrons. The van der Waals surface area contributed by atoms with Gasteiger partial charge in [-0.05, 0) is 12.1 Å². The Morgan fingerprint density at radius 1 is 1.16 bits per heavy atom. The van der Waals surface area contributed by atoms with Crippen LogP contribution in [0.2, 0.25) is 0 Å². The minimum Gasteiger partial charge on any atom is -0.383 e. The second-order valence-electron chi connectivity index (χ2n) is 5.19. The first-order valence-corrected chi connectivity index (χ1v) is 7.63. The van der Waals surface area contributed by atoms with Gasteiger partial charge in [-0.3, -0.25) is 9.59 Å². The summed E-state index contributed by atoms with van der Waals surface area (Å²) < 4.78 is 32.6. The van der Waals surface area contributed by atoms with Crippen LogP contribution in [-0.4, -0.2) is 45.2 Å². The van der Waals surface area contributed by atoms with E-state index < -0.39 is 29.5 Å². The molecular weight excluding hydrogens is 356 g/mol. The molecule has 0 saturated carbocycles. The van der Waals surface area contributed by atoms with Crippen molar-refractivity contribution in [3.05, 3.63) is 35.4 Å². The van der Waals surface area contributed by atoms with Gasteiger partial charge in [0.05, 0.1) is 19.1 Å². The van der Waals surface area contributed by atoms with Crippen LogP contribution in [0.15, 0.2) is 18.2 Å². The average Bonchev–Trinajstić information content (AvgIpc) is 2.50. The Balaban J connectivity index is 0.00000576. The minimum atomic E-state index is -1.06. The van der Waals surface area contributed by atoms with Gasteiger partial charge >= 0.3 is 0 Å². The van der Waals surface area contributed by atoms with E-state index in [2.05, 4.69) is 16.0 Å². The van der Waals surface area contributed by atoms with Crippen LogP contribution in [-0.2, 0) is 14.3 Å². The fraction of sp³-hybridized carbons (Fsp3) is 0.500.